The van der Waals surface area contributed by atoms with Crippen molar-refractivity contribution in [3.05, 3.63) is 56.5 Å². The first-order chi connectivity index (χ1) is 12.6. The van der Waals surface area contributed by atoms with Crippen molar-refractivity contribution < 1.29 is 9.32 Å². The van der Waals surface area contributed by atoms with E-state index in [1.807, 2.05) is 17.5 Å². The van der Waals surface area contributed by atoms with Crippen LogP contribution >= 0.6 is 11.3 Å². The summed E-state index contributed by atoms with van der Waals surface area (Å²) in [6, 6.07) is 5.11. The molecule has 10 heteroatoms. The standard InChI is InChI=1S/C16H15N5O4S/c22-12-3-5-20(16(24)17-12)6-4-13(23)21-8-10(9-21)15-18-14(19-25-15)11-2-1-7-26-11/h1-3,5,7,10H,4,6,8-9H2,(H,17,22,24). The predicted molar refractivity (Wildman–Crippen MR) is 92.9 cm³/mol. The molecule has 0 saturated carbocycles. The van der Waals surface area contributed by atoms with E-state index >= 15 is 0 Å². The van der Waals surface area contributed by atoms with Crippen LogP contribution in [0.25, 0.3) is 10.7 Å². The zero-order valence-electron chi connectivity index (χ0n) is 13.6. The van der Waals surface area contributed by atoms with Crippen LogP contribution in [0.2, 0.25) is 0 Å². The Morgan fingerprint density at radius 2 is 2.19 bits per heavy atom. The van der Waals surface area contributed by atoms with E-state index in [0.29, 0.717) is 24.8 Å². The summed E-state index contributed by atoms with van der Waals surface area (Å²) in [6.45, 7) is 1.26. The van der Waals surface area contributed by atoms with Crippen LogP contribution in [0, 0.1) is 0 Å². The van der Waals surface area contributed by atoms with Gasteiger partial charge in [-0.1, -0.05) is 11.2 Å². The maximum absolute atomic E-state index is 12.2. The summed E-state index contributed by atoms with van der Waals surface area (Å²) >= 11 is 1.54. The molecule has 0 radical (unpaired) electrons. The number of aryl methyl sites for hydroxylation is 1. The summed E-state index contributed by atoms with van der Waals surface area (Å²) in [4.78, 5) is 44.0. The van der Waals surface area contributed by atoms with Gasteiger partial charge in [0.05, 0.1) is 10.8 Å². The smallest absolute Gasteiger partial charge is 0.328 e. The van der Waals surface area contributed by atoms with Gasteiger partial charge < -0.3 is 14.0 Å². The van der Waals surface area contributed by atoms with E-state index in [-0.39, 0.29) is 24.8 Å². The number of carbonyl (C=O) groups excluding carboxylic acids is 1. The van der Waals surface area contributed by atoms with Gasteiger partial charge in [-0.2, -0.15) is 4.98 Å². The molecule has 1 aliphatic heterocycles. The van der Waals surface area contributed by atoms with Crippen molar-refractivity contribution >= 4 is 17.2 Å². The summed E-state index contributed by atoms with van der Waals surface area (Å²) in [5.74, 6) is 1.08. The average Bonchev–Trinajstić information content (AvgIpc) is 3.24. The molecule has 9 nitrogen and oxygen atoms in total. The van der Waals surface area contributed by atoms with Crippen molar-refractivity contribution in [2.45, 2.75) is 18.9 Å². The van der Waals surface area contributed by atoms with E-state index in [1.54, 1.807) is 4.90 Å². The molecule has 1 aliphatic rings. The van der Waals surface area contributed by atoms with Crippen LogP contribution in [-0.2, 0) is 11.3 Å². The molecule has 1 N–H and O–H groups in total. The Bertz CT molecular complexity index is 1030. The molecule has 4 heterocycles. The number of thiophene rings is 1. The van der Waals surface area contributed by atoms with Crippen molar-refractivity contribution in [1.82, 2.24) is 24.6 Å². The third-order valence-electron chi connectivity index (χ3n) is 4.23. The number of likely N-dealkylation sites (tertiary alicyclic amines) is 1. The zero-order valence-corrected chi connectivity index (χ0v) is 14.4. The minimum Gasteiger partial charge on any atom is -0.341 e. The molecule has 3 aromatic rings. The fraction of sp³-hybridized carbons (Fsp3) is 0.312. The fourth-order valence-electron chi connectivity index (χ4n) is 2.74. The number of rotatable bonds is 5. The van der Waals surface area contributed by atoms with Crippen LogP contribution < -0.4 is 11.2 Å². The van der Waals surface area contributed by atoms with Gasteiger partial charge in [0.1, 0.15) is 0 Å². The Morgan fingerprint density at radius 3 is 2.92 bits per heavy atom. The number of nitrogens with zero attached hydrogens (tertiary/aromatic N) is 4. The van der Waals surface area contributed by atoms with E-state index in [1.165, 1.54) is 28.2 Å². The first kappa shape index (κ1) is 16.5. The van der Waals surface area contributed by atoms with E-state index in [2.05, 4.69) is 15.1 Å². The maximum atomic E-state index is 12.2. The van der Waals surface area contributed by atoms with Crippen LogP contribution in [-0.4, -0.2) is 43.6 Å². The Hall–Kier alpha value is -3.01. The van der Waals surface area contributed by atoms with Crippen LogP contribution in [0.5, 0.6) is 0 Å². The maximum Gasteiger partial charge on any atom is 0.328 e. The molecule has 1 amide bonds. The number of H-pyrrole nitrogens is 1. The van der Waals surface area contributed by atoms with Gasteiger partial charge in [-0.3, -0.25) is 14.6 Å². The number of aromatic nitrogens is 4. The van der Waals surface area contributed by atoms with E-state index in [4.69, 9.17) is 4.52 Å². The highest BCUT2D eigenvalue weighted by Gasteiger charge is 2.35. The molecule has 0 atom stereocenters. The Labute approximate surface area is 150 Å². The van der Waals surface area contributed by atoms with Gasteiger partial charge in [-0.15, -0.1) is 11.3 Å². The van der Waals surface area contributed by atoms with Gasteiger partial charge >= 0.3 is 5.69 Å². The van der Waals surface area contributed by atoms with Crippen molar-refractivity contribution in [3.8, 4) is 10.7 Å². The summed E-state index contributed by atoms with van der Waals surface area (Å²) < 4.78 is 6.61. The third-order valence-corrected chi connectivity index (χ3v) is 5.10. The highest BCUT2D eigenvalue weighted by atomic mass is 32.1. The number of amides is 1. The largest absolute Gasteiger partial charge is 0.341 e. The molecule has 4 rings (SSSR count). The van der Waals surface area contributed by atoms with Gasteiger partial charge in [0.2, 0.25) is 17.6 Å². The van der Waals surface area contributed by atoms with Gasteiger partial charge in [0, 0.05) is 38.3 Å². The molecular weight excluding hydrogens is 358 g/mol. The Balaban J connectivity index is 1.31. The molecule has 26 heavy (non-hydrogen) atoms. The van der Waals surface area contributed by atoms with Crippen LogP contribution in [0.1, 0.15) is 18.2 Å². The third kappa shape index (κ3) is 3.23. The summed E-state index contributed by atoms with van der Waals surface area (Å²) in [5, 5.41) is 5.93. The molecule has 3 aromatic heterocycles. The van der Waals surface area contributed by atoms with Gasteiger partial charge in [-0.05, 0) is 11.4 Å². The van der Waals surface area contributed by atoms with E-state index in [9.17, 15) is 14.4 Å². The lowest BCUT2D eigenvalue weighted by Gasteiger charge is -2.37. The predicted octanol–water partition coefficient (Wildman–Crippen LogP) is 0.664. The number of aromatic amines is 1. The minimum atomic E-state index is -0.515. The SMILES string of the molecule is O=C(CCn1ccc(=O)[nH]c1=O)N1CC(c2nc(-c3cccs3)no2)C1. The molecule has 0 aromatic carbocycles. The summed E-state index contributed by atoms with van der Waals surface area (Å²) in [5.41, 5.74) is -0.969. The molecule has 0 aliphatic carbocycles. The highest BCUT2D eigenvalue weighted by molar-refractivity contribution is 7.13. The van der Waals surface area contributed by atoms with E-state index in [0.717, 1.165) is 4.88 Å². The lowest BCUT2D eigenvalue weighted by Crippen LogP contribution is -2.49. The molecule has 134 valence electrons. The second-order valence-corrected chi connectivity index (χ2v) is 6.93. The topological polar surface area (TPSA) is 114 Å². The van der Waals surface area contributed by atoms with E-state index < -0.39 is 11.2 Å². The summed E-state index contributed by atoms with van der Waals surface area (Å²) in [7, 11) is 0. The Kier molecular flexibility index (Phi) is 4.25. The molecule has 0 spiro atoms. The molecule has 1 saturated heterocycles. The number of hydrogen-bond donors (Lipinski definition) is 1. The van der Waals surface area contributed by atoms with Crippen LogP contribution in [0.3, 0.4) is 0 Å². The minimum absolute atomic E-state index is 0.0379. The van der Waals surface area contributed by atoms with Crippen molar-refractivity contribution in [3.63, 3.8) is 0 Å². The fourth-order valence-corrected chi connectivity index (χ4v) is 3.39. The first-order valence-corrected chi connectivity index (χ1v) is 8.93. The van der Waals surface area contributed by atoms with Gasteiger partial charge in [0.25, 0.3) is 5.56 Å². The van der Waals surface area contributed by atoms with Crippen molar-refractivity contribution in [2.24, 2.45) is 0 Å². The monoisotopic (exact) mass is 373 g/mol. The number of carbonyl (C=O) groups is 1. The molecule has 0 bridgehead atoms. The second-order valence-electron chi connectivity index (χ2n) is 5.98. The van der Waals surface area contributed by atoms with Gasteiger partial charge in [-0.25, -0.2) is 4.79 Å². The van der Waals surface area contributed by atoms with Gasteiger partial charge in [0.15, 0.2) is 0 Å². The normalized spacial score (nSPS) is 14.4. The second kappa shape index (κ2) is 6.71. The Morgan fingerprint density at radius 1 is 1.35 bits per heavy atom. The molecule has 1 fully saturated rings. The van der Waals surface area contributed by atoms with Crippen LogP contribution in [0.15, 0.2) is 43.9 Å². The molecule has 0 unspecified atom stereocenters. The van der Waals surface area contributed by atoms with Crippen molar-refractivity contribution in [2.75, 3.05) is 13.1 Å². The number of nitrogens with one attached hydrogen (secondary N) is 1. The quantitative estimate of drug-likeness (QED) is 0.703. The van der Waals surface area contributed by atoms with Crippen LogP contribution in [0.4, 0.5) is 0 Å². The zero-order chi connectivity index (χ0) is 18.1. The lowest BCUT2D eigenvalue weighted by atomic mass is 9.99. The summed E-state index contributed by atoms with van der Waals surface area (Å²) in [6.07, 6.45) is 1.57. The van der Waals surface area contributed by atoms with Crippen molar-refractivity contribution in [1.29, 1.82) is 0 Å². The first-order valence-electron chi connectivity index (χ1n) is 8.05. The highest BCUT2D eigenvalue weighted by Crippen LogP contribution is 2.29. The molecular formula is C16H15N5O4S. The number of hydrogen-bond acceptors (Lipinski definition) is 7. The average molecular weight is 373 g/mol. The lowest BCUT2D eigenvalue weighted by molar-refractivity contribution is -0.136.